The molecule has 0 saturated carbocycles. The zero-order valence-electron chi connectivity index (χ0n) is 9.95. The Labute approximate surface area is 110 Å². The fourth-order valence-corrected chi connectivity index (χ4v) is 3.99. The number of sulfonamides is 1. The van der Waals surface area contributed by atoms with Crippen LogP contribution in [-0.4, -0.2) is 51.7 Å². The van der Waals surface area contributed by atoms with E-state index in [-0.39, 0.29) is 18.0 Å². The maximum absolute atomic E-state index is 13.6. The SMILES string of the molecule is CS(=O)(=O)c1ccc(F)c(S(=O)(=O)N2CC(O)C2)c1. The molecule has 1 aromatic rings. The first-order chi connectivity index (χ1) is 8.62. The van der Waals surface area contributed by atoms with E-state index in [9.17, 15) is 21.2 Å². The van der Waals surface area contributed by atoms with Crippen molar-refractivity contribution in [2.45, 2.75) is 15.9 Å². The van der Waals surface area contributed by atoms with Crippen molar-refractivity contribution in [1.29, 1.82) is 0 Å². The van der Waals surface area contributed by atoms with E-state index >= 15 is 0 Å². The zero-order chi connectivity index (χ0) is 14.4. The standard InChI is InChI=1S/C10H12FNO5S2/c1-18(14,15)8-2-3-9(11)10(4-8)19(16,17)12-5-7(13)6-12/h2-4,7,13H,5-6H2,1H3. The normalized spacial score (nSPS) is 18.3. The molecule has 0 aliphatic carbocycles. The Kier molecular flexibility index (Phi) is 3.42. The molecule has 6 nitrogen and oxygen atoms in total. The van der Waals surface area contributed by atoms with E-state index in [0.717, 1.165) is 28.8 Å². The molecule has 1 aliphatic rings. The van der Waals surface area contributed by atoms with E-state index in [1.807, 2.05) is 0 Å². The Bertz CT molecular complexity index is 707. The van der Waals surface area contributed by atoms with Gasteiger partial charge in [-0.15, -0.1) is 0 Å². The molecule has 0 aromatic heterocycles. The van der Waals surface area contributed by atoms with Crippen LogP contribution in [0, 0.1) is 5.82 Å². The van der Waals surface area contributed by atoms with Crippen LogP contribution < -0.4 is 0 Å². The molecule has 0 radical (unpaired) electrons. The number of rotatable bonds is 3. The summed E-state index contributed by atoms with van der Waals surface area (Å²) in [5.41, 5.74) is 0. The van der Waals surface area contributed by atoms with E-state index in [0.29, 0.717) is 0 Å². The highest BCUT2D eigenvalue weighted by Gasteiger charge is 2.37. The average Bonchev–Trinajstić information content (AvgIpc) is 2.23. The summed E-state index contributed by atoms with van der Waals surface area (Å²) in [6.45, 7) is -0.240. The molecule has 1 heterocycles. The van der Waals surface area contributed by atoms with Gasteiger partial charge < -0.3 is 5.11 Å². The van der Waals surface area contributed by atoms with E-state index in [1.54, 1.807) is 0 Å². The highest BCUT2D eigenvalue weighted by Crippen LogP contribution is 2.26. The third-order valence-electron chi connectivity index (χ3n) is 2.78. The van der Waals surface area contributed by atoms with Gasteiger partial charge in [0.2, 0.25) is 10.0 Å². The number of aliphatic hydroxyl groups excluding tert-OH is 1. The Balaban J connectivity index is 2.50. The van der Waals surface area contributed by atoms with Gasteiger partial charge in [-0.05, 0) is 18.2 Å². The second-order valence-electron chi connectivity index (χ2n) is 4.34. The van der Waals surface area contributed by atoms with Gasteiger partial charge in [-0.1, -0.05) is 0 Å². The number of hydrogen-bond acceptors (Lipinski definition) is 5. The van der Waals surface area contributed by atoms with Crippen LogP contribution in [0.5, 0.6) is 0 Å². The maximum atomic E-state index is 13.6. The Morgan fingerprint density at radius 1 is 1.26 bits per heavy atom. The van der Waals surface area contributed by atoms with Crippen molar-refractivity contribution in [3.8, 4) is 0 Å². The predicted octanol–water partition coefficient (Wildman–Crippen LogP) is -0.406. The molecule has 0 unspecified atom stereocenters. The number of aliphatic hydroxyl groups is 1. The molecule has 19 heavy (non-hydrogen) atoms. The van der Waals surface area contributed by atoms with Gasteiger partial charge >= 0.3 is 0 Å². The van der Waals surface area contributed by atoms with Crippen molar-refractivity contribution in [2.24, 2.45) is 0 Å². The van der Waals surface area contributed by atoms with Crippen LogP contribution >= 0.6 is 0 Å². The summed E-state index contributed by atoms with van der Waals surface area (Å²) in [4.78, 5) is -0.962. The fraction of sp³-hybridized carbons (Fsp3) is 0.400. The minimum atomic E-state index is -4.11. The van der Waals surface area contributed by atoms with Gasteiger partial charge in [0.25, 0.3) is 0 Å². The number of hydrogen-bond donors (Lipinski definition) is 1. The summed E-state index contributed by atoms with van der Waals surface area (Å²) < 4.78 is 61.3. The number of halogens is 1. The number of β-amino-alcohol motifs (C(OH)–C–C–N with tert-alkyl or cyclic N) is 1. The van der Waals surface area contributed by atoms with Gasteiger partial charge in [-0.2, -0.15) is 4.31 Å². The van der Waals surface area contributed by atoms with Crippen LogP contribution in [-0.2, 0) is 19.9 Å². The van der Waals surface area contributed by atoms with Crippen molar-refractivity contribution >= 4 is 19.9 Å². The number of sulfone groups is 1. The van der Waals surface area contributed by atoms with Crippen LogP contribution in [0.15, 0.2) is 28.0 Å². The summed E-state index contributed by atoms with van der Waals surface area (Å²) in [5.74, 6) is -1.02. The molecule has 1 aliphatic heterocycles. The summed E-state index contributed by atoms with van der Waals surface area (Å²) >= 11 is 0. The molecule has 0 amide bonds. The van der Waals surface area contributed by atoms with E-state index in [1.165, 1.54) is 0 Å². The lowest BCUT2D eigenvalue weighted by Gasteiger charge is -2.34. The average molecular weight is 309 g/mol. The monoisotopic (exact) mass is 309 g/mol. The third kappa shape index (κ3) is 2.64. The van der Waals surface area contributed by atoms with Crippen LogP contribution in [0.4, 0.5) is 4.39 Å². The molecule has 1 saturated heterocycles. The Hall–Kier alpha value is -1.03. The van der Waals surface area contributed by atoms with E-state index in [4.69, 9.17) is 5.11 Å². The van der Waals surface area contributed by atoms with Crippen molar-refractivity contribution < 1.29 is 26.3 Å². The summed E-state index contributed by atoms with van der Waals surface area (Å²) in [7, 11) is -7.74. The van der Waals surface area contributed by atoms with Gasteiger partial charge in [-0.25, -0.2) is 21.2 Å². The minimum absolute atomic E-state index is 0.120. The molecule has 0 spiro atoms. The smallest absolute Gasteiger partial charge is 0.246 e. The molecule has 2 rings (SSSR count). The highest BCUT2D eigenvalue weighted by molar-refractivity contribution is 7.91. The van der Waals surface area contributed by atoms with Crippen molar-refractivity contribution in [3.05, 3.63) is 24.0 Å². The first-order valence-corrected chi connectivity index (χ1v) is 8.63. The molecule has 1 N–H and O–H groups in total. The molecule has 0 bridgehead atoms. The largest absolute Gasteiger partial charge is 0.390 e. The van der Waals surface area contributed by atoms with Crippen molar-refractivity contribution in [3.63, 3.8) is 0 Å². The molecular weight excluding hydrogens is 297 g/mol. The van der Waals surface area contributed by atoms with Crippen LogP contribution in [0.3, 0.4) is 0 Å². The highest BCUT2D eigenvalue weighted by atomic mass is 32.2. The van der Waals surface area contributed by atoms with Gasteiger partial charge in [-0.3, -0.25) is 0 Å². The lowest BCUT2D eigenvalue weighted by atomic mass is 10.2. The summed E-state index contributed by atoms with van der Waals surface area (Å²) in [6, 6.07) is 2.61. The molecule has 0 atom stereocenters. The lowest BCUT2D eigenvalue weighted by molar-refractivity contribution is 0.0546. The molecule has 9 heteroatoms. The molecule has 1 aromatic carbocycles. The number of benzene rings is 1. The van der Waals surface area contributed by atoms with Gasteiger partial charge in [0, 0.05) is 19.3 Å². The topological polar surface area (TPSA) is 91.8 Å². The number of nitrogens with zero attached hydrogens (tertiary/aromatic N) is 1. The quantitative estimate of drug-likeness (QED) is 0.767. The summed E-state index contributed by atoms with van der Waals surface area (Å²) in [6.07, 6.45) is 0.139. The third-order valence-corrected chi connectivity index (χ3v) is 5.73. The second-order valence-corrected chi connectivity index (χ2v) is 8.26. The Morgan fingerprint density at radius 2 is 1.84 bits per heavy atom. The molecular formula is C10H12FNO5S2. The van der Waals surface area contributed by atoms with E-state index in [2.05, 4.69) is 0 Å². The van der Waals surface area contributed by atoms with Crippen molar-refractivity contribution in [1.82, 2.24) is 4.31 Å². The zero-order valence-corrected chi connectivity index (χ0v) is 11.6. The van der Waals surface area contributed by atoms with E-state index < -0.39 is 36.7 Å². The lowest BCUT2D eigenvalue weighted by Crippen LogP contribution is -2.53. The van der Waals surface area contributed by atoms with Gasteiger partial charge in [0.15, 0.2) is 9.84 Å². The predicted molar refractivity (Wildman–Crippen MR) is 64.3 cm³/mol. The first-order valence-electron chi connectivity index (χ1n) is 5.30. The first kappa shape index (κ1) is 14.4. The van der Waals surface area contributed by atoms with Crippen molar-refractivity contribution in [2.75, 3.05) is 19.3 Å². The van der Waals surface area contributed by atoms with Crippen LogP contribution in [0.1, 0.15) is 0 Å². The van der Waals surface area contributed by atoms with Crippen LogP contribution in [0.25, 0.3) is 0 Å². The summed E-state index contributed by atoms with van der Waals surface area (Å²) in [5, 5.41) is 9.09. The molecule has 106 valence electrons. The van der Waals surface area contributed by atoms with Gasteiger partial charge in [0.05, 0.1) is 11.0 Å². The van der Waals surface area contributed by atoms with Gasteiger partial charge in [0.1, 0.15) is 10.7 Å². The Morgan fingerprint density at radius 3 is 2.32 bits per heavy atom. The molecule has 1 fully saturated rings. The minimum Gasteiger partial charge on any atom is -0.390 e. The maximum Gasteiger partial charge on any atom is 0.246 e. The van der Waals surface area contributed by atoms with Crippen LogP contribution in [0.2, 0.25) is 0 Å². The fourth-order valence-electron chi connectivity index (χ4n) is 1.66. The second kappa shape index (κ2) is 4.51.